The van der Waals surface area contributed by atoms with E-state index in [4.69, 9.17) is 5.73 Å². The van der Waals surface area contributed by atoms with Crippen LogP contribution in [0.15, 0.2) is 0 Å². The fourth-order valence-corrected chi connectivity index (χ4v) is 1.73. The van der Waals surface area contributed by atoms with Crippen LogP contribution in [0.3, 0.4) is 0 Å². The first-order chi connectivity index (χ1) is 8.27. The monoisotopic (exact) mass is 257 g/mol. The fourth-order valence-electron chi connectivity index (χ4n) is 1.73. The molecule has 0 aromatic heterocycles. The Morgan fingerprint density at radius 3 is 2.17 bits per heavy atom. The number of hydrogen-bond donors (Lipinski definition) is 2. The number of likely N-dealkylation sites (N-methyl/N-ethyl adjacent to an activating group) is 1. The van der Waals surface area contributed by atoms with Gasteiger partial charge in [0.15, 0.2) is 0 Å². The average molecular weight is 257 g/mol. The van der Waals surface area contributed by atoms with E-state index < -0.39 is 6.04 Å². The highest BCUT2D eigenvalue weighted by Gasteiger charge is 2.22. The number of rotatable bonds is 7. The highest BCUT2D eigenvalue weighted by Crippen LogP contribution is 2.05. The summed E-state index contributed by atoms with van der Waals surface area (Å²) in [7, 11) is 0. The van der Waals surface area contributed by atoms with Crippen LogP contribution in [0, 0.1) is 5.92 Å². The molecule has 0 aromatic carbocycles. The number of carbonyl (C=O) groups is 2. The van der Waals surface area contributed by atoms with Crippen molar-refractivity contribution in [1.82, 2.24) is 10.2 Å². The number of nitrogens with one attached hydrogen (secondary N) is 1. The quantitative estimate of drug-likeness (QED) is 0.706. The van der Waals surface area contributed by atoms with Crippen LogP contribution < -0.4 is 11.1 Å². The Hall–Kier alpha value is -1.10. The van der Waals surface area contributed by atoms with Gasteiger partial charge in [-0.25, -0.2) is 0 Å². The van der Waals surface area contributed by atoms with Crippen LogP contribution in [0.25, 0.3) is 0 Å². The summed E-state index contributed by atoms with van der Waals surface area (Å²) >= 11 is 0. The molecule has 0 spiro atoms. The molecular weight excluding hydrogens is 230 g/mol. The van der Waals surface area contributed by atoms with E-state index in [1.54, 1.807) is 0 Å². The normalized spacial score (nSPS) is 12.7. The van der Waals surface area contributed by atoms with Gasteiger partial charge in [0.25, 0.3) is 0 Å². The molecule has 0 radical (unpaired) electrons. The van der Waals surface area contributed by atoms with Crippen molar-refractivity contribution in [1.29, 1.82) is 0 Å². The lowest BCUT2D eigenvalue weighted by Crippen LogP contribution is -2.48. The summed E-state index contributed by atoms with van der Waals surface area (Å²) in [5.41, 5.74) is 5.85. The maximum Gasteiger partial charge on any atom is 0.239 e. The Bertz CT molecular complexity index is 277. The van der Waals surface area contributed by atoms with Gasteiger partial charge in [-0.3, -0.25) is 9.59 Å². The van der Waals surface area contributed by atoms with E-state index in [-0.39, 0.29) is 24.4 Å². The second-order valence-corrected chi connectivity index (χ2v) is 5.31. The SMILES string of the molecule is CCN(CC(=O)NC(C)C)C(=O)C(N)CC(C)C. The van der Waals surface area contributed by atoms with Gasteiger partial charge < -0.3 is 16.0 Å². The first-order valence-corrected chi connectivity index (χ1v) is 6.61. The number of amides is 2. The minimum absolute atomic E-state index is 0.0793. The second-order valence-electron chi connectivity index (χ2n) is 5.31. The van der Waals surface area contributed by atoms with Crippen LogP contribution in [0.1, 0.15) is 41.0 Å². The summed E-state index contributed by atoms with van der Waals surface area (Å²) in [4.78, 5) is 25.2. The summed E-state index contributed by atoms with van der Waals surface area (Å²) in [5.74, 6) is 0.0780. The van der Waals surface area contributed by atoms with Crippen molar-refractivity contribution in [2.75, 3.05) is 13.1 Å². The average Bonchev–Trinajstić information content (AvgIpc) is 2.22. The standard InChI is InChI=1S/C13H27N3O2/c1-6-16(8-12(17)15-10(4)5)13(18)11(14)7-9(2)3/h9-11H,6-8,14H2,1-5H3,(H,15,17). The molecule has 0 aliphatic rings. The molecule has 1 atom stereocenters. The van der Waals surface area contributed by atoms with E-state index in [9.17, 15) is 9.59 Å². The molecular formula is C13H27N3O2. The number of hydrogen-bond acceptors (Lipinski definition) is 3. The molecule has 0 bridgehead atoms. The zero-order valence-electron chi connectivity index (χ0n) is 12.2. The first-order valence-electron chi connectivity index (χ1n) is 6.61. The fraction of sp³-hybridized carbons (Fsp3) is 0.846. The Kier molecular flexibility index (Phi) is 7.59. The smallest absolute Gasteiger partial charge is 0.239 e. The van der Waals surface area contributed by atoms with Crippen molar-refractivity contribution in [2.24, 2.45) is 11.7 Å². The van der Waals surface area contributed by atoms with Gasteiger partial charge in [0.2, 0.25) is 11.8 Å². The maximum atomic E-state index is 12.1. The summed E-state index contributed by atoms with van der Waals surface area (Å²) in [5, 5.41) is 2.77. The lowest BCUT2D eigenvalue weighted by molar-refractivity contribution is -0.137. The molecule has 2 amide bonds. The molecule has 0 aliphatic carbocycles. The molecule has 18 heavy (non-hydrogen) atoms. The summed E-state index contributed by atoms with van der Waals surface area (Å²) in [6, 6.07) is -0.438. The molecule has 0 aliphatic heterocycles. The molecule has 0 heterocycles. The van der Waals surface area contributed by atoms with Crippen molar-refractivity contribution in [3.05, 3.63) is 0 Å². The predicted octanol–water partition coefficient (Wildman–Crippen LogP) is 0.733. The minimum Gasteiger partial charge on any atom is -0.352 e. The molecule has 5 heteroatoms. The van der Waals surface area contributed by atoms with Gasteiger partial charge in [0.1, 0.15) is 0 Å². The Labute approximate surface area is 110 Å². The van der Waals surface area contributed by atoms with E-state index in [0.717, 1.165) is 0 Å². The van der Waals surface area contributed by atoms with E-state index in [1.807, 2.05) is 34.6 Å². The highest BCUT2D eigenvalue weighted by atomic mass is 16.2. The van der Waals surface area contributed by atoms with Gasteiger partial charge in [-0.05, 0) is 33.1 Å². The van der Waals surface area contributed by atoms with Crippen molar-refractivity contribution < 1.29 is 9.59 Å². The molecule has 0 saturated heterocycles. The topological polar surface area (TPSA) is 75.4 Å². The van der Waals surface area contributed by atoms with E-state index >= 15 is 0 Å². The zero-order chi connectivity index (χ0) is 14.3. The Morgan fingerprint density at radius 2 is 1.78 bits per heavy atom. The summed E-state index contributed by atoms with van der Waals surface area (Å²) in [6.07, 6.45) is 0.640. The molecule has 0 fully saturated rings. The third-order valence-electron chi connectivity index (χ3n) is 2.52. The van der Waals surface area contributed by atoms with Crippen molar-refractivity contribution in [2.45, 2.75) is 53.1 Å². The van der Waals surface area contributed by atoms with Crippen LogP contribution in [0.5, 0.6) is 0 Å². The van der Waals surface area contributed by atoms with Gasteiger partial charge in [-0.1, -0.05) is 13.8 Å². The molecule has 0 saturated carbocycles. The summed E-state index contributed by atoms with van der Waals surface area (Å²) < 4.78 is 0. The molecule has 1 unspecified atom stereocenters. The van der Waals surface area contributed by atoms with Crippen molar-refractivity contribution in [3.63, 3.8) is 0 Å². The van der Waals surface area contributed by atoms with E-state index in [0.29, 0.717) is 18.9 Å². The van der Waals surface area contributed by atoms with Crippen molar-refractivity contribution >= 4 is 11.8 Å². The predicted molar refractivity (Wildman–Crippen MR) is 73.0 cm³/mol. The molecule has 0 aromatic rings. The van der Waals surface area contributed by atoms with Crippen LogP contribution in [0.2, 0.25) is 0 Å². The Balaban J connectivity index is 4.39. The van der Waals surface area contributed by atoms with E-state index in [2.05, 4.69) is 5.32 Å². The number of nitrogens with two attached hydrogens (primary N) is 1. The zero-order valence-corrected chi connectivity index (χ0v) is 12.2. The van der Waals surface area contributed by atoms with Gasteiger partial charge >= 0.3 is 0 Å². The number of nitrogens with zero attached hydrogens (tertiary/aromatic N) is 1. The van der Waals surface area contributed by atoms with Gasteiger partial charge in [-0.15, -0.1) is 0 Å². The highest BCUT2D eigenvalue weighted by molar-refractivity contribution is 5.87. The van der Waals surface area contributed by atoms with Crippen LogP contribution in [-0.2, 0) is 9.59 Å². The third kappa shape index (κ3) is 6.59. The maximum absolute atomic E-state index is 12.1. The minimum atomic E-state index is -0.517. The summed E-state index contributed by atoms with van der Waals surface area (Å²) in [6.45, 7) is 10.3. The number of carbonyl (C=O) groups excluding carboxylic acids is 2. The molecule has 3 N–H and O–H groups in total. The van der Waals surface area contributed by atoms with E-state index in [1.165, 1.54) is 4.90 Å². The van der Waals surface area contributed by atoms with Gasteiger partial charge in [-0.2, -0.15) is 0 Å². The molecule has 106 valence electrons. The molecule has 5 nitrogen and oxygen atoms in total. The van der Waals surface area contributed by atoms with Crippen molar-refractivity contribution in [3.8, 4) is 0 Å². The largest absolute Gasteiger partial charge is 0.352 e. The first kappa shape index (κ1) is 16.9. The lowest BCUT2D eigenvalue weighted by Gasteiger charge is -2.25. The lowest BCUT2D eigenvalue weighted by atomic mass is 10.0. The van der Waals surface area contributed by atoms with Crippen LogP contribution >= 0.6 is 0 Å². The third-order valence-corrected chi connectivity index (χ3v) is 2.52. The second kappa shape index (κ2) is 8.08. The Morgan fingerprint density at radius 1 is 1.22 bits per heavy atom. The van der Waals surface area contributed by atoms with Gasteiger partial charge in [0.05, 0.1) is 12.6 Å². The van der Waals surface area contributed by atoms with Crippen LogP contribution in [-0.4, -0.2) is 41.9 Å². The van der Waals surface area contributed by atoms with Gasteiger partial charge in [0, 0.05) is 12.6 Å². The van der Waals surface area contributed by atoms with Crippen LogP contribution in [0.4, 0.5) is 0 Å². The molecule has 0 rings (SSSR count).